The summed E-state index contributed by atoms with van der Waals surface area (Å²) in [7, 11) is 0. The number of urea groups is 1. The van der Waals surface area contributed by atoms with Crippen LogP contribution >= 0.6 is 11.6 Å². The smallest absolute Gasteiger partial charge is 0.320 e. The van der Waals surface area contributed by atoms with Gasteiger partial charge in [-0.1, -0.05) is 30.7 Å². The summed E-state index contributed by atoms with van der Waals surface area (Å²) < 4.78 is 0. The molecule has 4 nitrogen and oxygen atoms in total. The molecule has 1 aliphatic heterocycles. The van der Waals surface area contributed by atoms with E-state index < -0.39 is 0 Å². The van der Waals surface area contributed by atoms with E-state index >= 15 is 0 Å². The van der Waals surface area contributed by atoms with Crippen LogP contribution in [-0.4, -0.2) is 36.6 Å². The molecule has 0 radical (unpaired) electrons. The lowest BCUT2D eigenvalue weighted by molar-refractivity contribution is 0.173. The number of halogens is 1. The second-order valence-corrected chi connectivity index (χ2v) is 5.51. The molecule has 1 saturated heterocycles. The quantitative estimate of drug-likeness (QED) is 0.895. The van der Waals surface area contributed by atoms with Crippen LogP contribution in [0.1, 0.15) is 26.2 Å². The SMILES string of the molecule is CCCN(C(=O)Nc1ccccc1Cl)C1CCCNC1. The highest BCUT2D eigenvalue weighted by atomic mass is 35.5. The minimum Gasteiger partial charge on any atom is -0.320 e. The van der Waals surface area contributed by atoms with Crippen LogP contribution in [0.4, 0.5) is 10.5 Å². The zero-order valence-electron chi connectivity index (χ0n) is 11.9. The molecule has 110 valence electrons. The summed E-state index contributed by atoms with van der Waals surface area (Å²) in [4.78, 5) is 14.4. The van der Waals surface area contributed by atoms with Crippen LogP contribution in [0, 0.1) is 0 Å². The van der Waals surface area contributed by atoms with E-state index in [1.54, 1.807) is 6.07 Å². The predicted octanol–water partition coefficient (Wildman–Crippen LogP) is 3.34. The van der Waals surface area contributed by atoms with Crippen molar-refractivity contribution in [2.24, 2.45) is 0 Å². The molecule has 1 atom stereocenters. The summed E-state index contributed by atoms with van der Waals surface area (Å²) in [5.41, 5.74) is 0.670. The van der Waals surface area contributed by atoms with Gasteiger partial charge in [0.15, 0.2) is 0 Å². The molecule has 0 aromatic heterocycles. The summed E-state index contributed by atoms with van der Waals surface area (Å²) in [6, 6.07) is 7.54. The highest BCUT2D eigenvalue weighted by molar-refractivity contribution is 6.33. The Labute approximate surface area is 125 Å². The molecule has 1 aromatic carbocycles. The molecule has 20 heavy (non-hydrogen) atoms. The van der Waals surface area contributed by atoms with Crippen LogP contribution in [0.2, 0.25) is 5.02 Å². The standard InChI is InChI=1S/C15H22ClN3O/c1-2-10-19(12-6-5-9-17-11-12)15(20)18-14-8-4-3-7-13(14)16/h3-4,7-8,12,17H,2,5-6,9-11H2,1H3,(H,18,20). The summed E-state index contributed by atoms with van der Waals surface area (Å²) in [6.45, 7) is 4.77. The lowest BCUT2D eigenvalue weighted by atomic mass is 10.1. The molecule has 2 N–H and O–H groups in total. The number of hydrogen-bond donors (Lipinski definition) is 2. The number of benzene rings is 1. The average molecular weight is 296 g/mol. The molecule has 2 amide bonds. The molecular formula is C15H22ClN3O. The topological polar surface area (TPSA) is 44.4 Å². The molecule has 2 rings (SSSR count). The first-order valence-corrected chi connectivity index (χ1v) is 7.63. The second-order valence-electron chi connectivity index (χ2n) is 5.10. The van der Waals surface area contributed by atoms with E-state index in [2.05, 4.69) is 17.6 Å². The number of nitrogens with one attached hydrogen (secondary N) is 2. The number of anilines is 1. The number of carbonyl (C=O) groups excluding carboxylic acids is 1. The van der Waals surface area contributed by atoms with Gasteiger partial charge >= 0.3 is 6.03 Å². The molecule has 1 heterocycles. The van der Waals surface area contributed by atoms with E-state index in [-0.39, 0.29) is 12.1 Å². The Morgan fingerprint density at radius 3 is 2.95 bits per heavy atom. The van der Waals surface area contributed by atoms with Crippen LogP contribution in [0.15, 0.2) is 24.3 Å². The van der Waals surface area contributed by atoms with Crippen molar-refractivity contribution in [2.75, 3.05) is 25.0 Å². The predicted molar refractivity (Wildman–Crippen MR) is 83.4 cm³/mol. The molecule has 1 aliphatic rings. The molecule has 1 unspecified atom stereocenters. The number of rotatable bonds is 4. The van der Waals surface area contributed by atoms with Crippen molar-refractivity contribution in [3.63, 3.8) is 0 Å². The summed E-state index contributed by atoms with van der Waals surface area (Å²) in [5.74, 6) is 0. The fourth-order valence-corrected chi connectivity index (χ4v) is 2.72. The van der Waals surface area contributed by atoms with E-state index in [0.717, 1.165) is 38.9 Å². The van der Waals surface area contributed by atoms with Gasteiger partial charge in [-0.15, -0.1) is 0 Å². The lowest BCUT2D eigenvalue weighted by Gasteiger charge is -2.34. The molecule has 0 saturated carbocycles. The third kappa shape index (κ3) is 3.87. The lowest BCUT2D eigenvalue weighted by Crippen LogP contribution is -2.50. The Morgan fingerprint density at radius 2 is 2.30 bits per heavy atom. The zero-order valence-corrected chi connectivity index (χ0v) is 12.6. The maximum absolute atomic E-state index is 12.5. The number of para-hydroxylation sites is 1. The minimum atomic E-state index is -0.0614. The van der Waals surface area contributed by atoms with Crippen molar-refractivity contribution in [1.29, 1.82) is 0 Å². The first-order chi connectivity index (χ1) is 9.72. The maximum atomic E-state index is 12.5. The Balaban J connectivity index is 2.04. The van der Waals surface area contributed by atoms with E-state index in [0.29, 0.717) is 10.7 Å². The van der Waals surface area contributed by atoms with Gasteiger partial charge in [0.05, 0.1) is 10.7 Å². The van der Waals surface area contributed by atoms with Crippen molar-refractivity contribution in [2.45, 2.75) is 32.2 Å². The molecule has 0 bridgehead atoms. The molecule has 1 aromatic rings. The summed E-state index contributed by atoms with van der Waals surface area (Å²) in [6.07, 6.45) is 3.12. The fraction of sp³-hybridized carbons (Fsp3) is 0.533. The van der Waals surface area contributed by atoms with Gasteiger partial charge in [0.2, 0.25) is 0 Å². The highest BCUT2D eigenvalue weighted by Gasteiger charge is 2.24. The van der Waals surface area contributed by atoms with Crippen LogP contribution in [0.5, 0.6) is 0 Å². The summed E-state index contributed by atoms with van der Waals surface area (Å²) in [5, 5.41) is 6.84. The van der Waals surface area contributed by atoms with E-state index in [4.69, 9.17) is 11.6 Å². The van der Waals surface area contributed by atoms with Gasteiger partial charge in [-0.3, -0.25) is 0 Å². The first kappa shape index (κ1) is 15.1. The van der Waals surface area contributed by atoms with Crippen molar-refractivity contribution >= 4 is 23.3 Å². The van der Waals surface area contributed by atoms with Crippen LogP contribution in [0.25, 0.3) is 0 Å². The van der Waals surface area contributed by atoms with Gasteiger partial charge in [0.25, 0.3) is 0 Å². The monoisotopic (exact) mass is 295 g/mol. The number of carbonyl (C=O) groups is 1. The van der Waals surface area contributed by atoms with Crippen molar-refractivity contribution in [3.8, 4) is 0 Å². The van der Waals surface area contributed by atoms with Gasteiger partial charge < -0.3 is 15.5 Å². The van der Waals surface area contributed by atoms with E-state index in [1.807, 2.05) is 23.1 Å². The normalized spacial score (nSPS) is 18.6. The van der Waals surface area contributed by atoms with Crippen LogP contribution in [-0.2, 0) is 0 Å². The van der Waals surface area contributed by atoms with Crippen LogP contribution < -0.4 is 10.6 Å². The fourth-order valence-electron chi connectivity index (χ4n) is 2.54. The van der Waals surface area contributed by atoms with Gasteiger partial charge in [-0.25, -0.2) is 4.79 Å². The first-order valence-electron chi connectivity index (χ1n) is 7.25. The number of nitrogens with zero attached hydrogens (tertiary/aromatic N) is 1. The Bertz CT molecular complexity index is 446. The van der Waals surface area contributed by atoms with Crippen LogP contribution in [0.3, 0.4) is 0 Å². The van der Waals surface area contributed by atoms with Gasteiger partial charge in [-0.2, -0.15) is 0 Å². The Hall–Kier alpha value is -1.26. The molecule has 0 spiro atoms. The van der Waals surface area contributed by atoms with E-state index in [1.165, 1.54) is 0 Å². The molecule has 1 fully saturated rings. The average Bonchev–Trinajstić information content (AvgIpc) is 2.48. The number of piperidine rings is 1. The van der Waals surface area contributed by atoms with Gasteiger partial charge in [0, 0.05) is 19.1 Å². The molecular weight excluding hydrogens is 274 g/mol. The van der Waals surface area contributed by atoms with Crippen molar-refractivity contribution in [3.05, 3.63) is 29.3 Å². The minimum absolute atomic E-state index is 0.0614. The number of amides is 2. The third-order valence-electron chi connectivity index (χ3n) is 3.55. The largest absolute Gasteiger partial charge is 0.322 e. The van der Waals surface area contributed by atoms with Crippen molar-refractivity contribution < 1.29 is 4.79 Å². The molecule has 5 heteroatoms. The van der Waals surface area contributed by atoms with Gasteiger partial charge in [-0.05, 0) is 37.9 Å². The van der Waals surface area contributed by atoms with Gasteiger partial charge in [0.1, 0.15) is 0 Å². The van der Waals surface area contributed by atoms with Crippen molar-refractivity contribution in [1.82, 2.24) is 10.2 Å². The third-order valence-corrected chi connectivity index (χ3v) is 3.88. The number of hydrogen-bond acceptors (Lipinski definition) is 2. The van der Waals surface area contributed by atoms with E-state index in [9.17, 15) is 4.79 Å². The Morgan fingerprint density at radius 1 is 1.50 bits per heavy atom. The summed E-state index contributed by atoms with van der Waals surface area (Å²) >= 11 is 6.09. The highest BCUT2D eigenvalue weighted by Crippen LogP contribution is 2.21. The Kier molecular flexibility index (Phi) is 5.68. The molecule has 0 aliphatic carbocycles. The maximum Gasteiger partial charge on any atom is 0.322 e. The zero-order chi connectivity index (χ0) is 14.4. The second kappa shape index (κ2) is 7.50.